The molecule has 5 aromatic rings. The van der Waals surface area contributed by atoms with Crippen molar-refractivity contribution in [2.75, 3.05) is 5.32 Å². The standard InChI is InChI=1S/C24H21BrClFN8O/c1-4-33-12-17(25)23(32-33)20-7-8-28-21-10-19(31-35(20)21)24(36)29-22-13(2)30-34(14(22)3)11-15-5-6-16(27)9-18(15)26/h5-10,12H,4,11H2,1-3H3,(H,29,36). The number of fused-ring (bicyclic) bond motifs is 1. The van der Waals surface area contributed by atoms with Gasteiger partial charge in [0, 0.05) is 30.0 Å². The number of nitrogens with zero attached hydrogens (tertiary/aromatic N) is 7. The summed E-state index contributed by atoms with van der Waals surface area (Å²) >= 11 is 9.73. The van der Waals surface area contributed by atoms with Gasteiger partial charge in [-0.15, -0.1) is 0 Å². The Balaban J connectivity index is 1.43. The van der Waals surface area contributed by atoms with Gasteiger partial charge < -0.3 is 5.32 Å². The molecule has 1 amide bonds. The van der Waals surface area contributed by atoms with E-state index in [1.807, 2.05) is 24.7 Å². The molecule has 0 unspecified atom stereocenters. The predicted molar refractivity (Wildman–Crippen MR) is 138 cm³/mol. The Morgan fingerprint density at radius 2 is 1.97 bits per heavy atom. The number of carbonyl (C=O) groups excluding carboxylic acids is 1. The molecule has 0 bridgehead atoms. The van der Waals surface area contributed by atoms with E-state index in [1.54, 1.807) is 40.5 Å². The second-order valence-corrected chi connectivity index (χ2v) is 9.47. The van der Waals surface area contributed by atoms with Crippen LogP contribution >= 0.6 is 27.5 Å². The van der Waals surface area contributed by atoms with E-state index in [0.29, 0.717) is 40.0 Å². The molecule has 4 aromatic heterocycles. The van der Waals surface area contributed by atoms with Gasteiger partial charge in [-0.3, -0.25) is 14.2 Å². The van der Waals surface area contributed by atoms with E-state index in [4.69, 9.17) is 11.6 Å². The number of amides is 1. The Hall–Kier alpha value is -3.57. The van der Waals surface area contributed by atoms with E-state index >= 15 is 0 Å². The van der Waals surface area contributed by atoms with Crippen LogP contribution in [0.5, 0.6) is 0 Å². The van der Waals surface area contributed by atoms with Crippen molar-refractivity contribution >= 4 is 44.8 Å². The van der Waals surface area contributed by atoms with Gasteiger partial charge in [-0.05, 0) is 60.5 Å². The summed E-state index contributed by atoms with van der Waals surface area (Å²) in [6.07, 6.45) is 3.55. The Kier molecular flexibility index (Phi) is 6.35. The van der Waals surface area contributed by atoms with Crippen LogP contribution in [-0.2, 0) is 13.1 Å². The lowest BCUT2D eigenvalue weighted by molar-refractivity contribution is 0.102. The third-order valence-corrected chi connectivity index (χ3v) is 6.76. The monoisotopic (exact) mass is 570 g/mol. The first kappa shape index (κ1) is 24.1. The van der Waals surface area contributed by atoms with E-state index in [9.17, 15) is 9.18 Å². The summed E-state index contributed by atoms with van der Waals surface area (Å²) in [5.41, 5.74) is 4.79. The van der Waals surface area contributed by atoms with Gasteiger partial charge in [0.05, 0.1) is 33.8 Å². The molecule has 5 rings (SSSR count). The number of aryl methyl sites for hydroxylation is 2. The van der Waals surface area contributed by atoms with Crippen molar-refractivity contribution in [3.63, 3.8) is 0 Å². The number of anilines is 1. The number of benzene rings is 1. The molecule has 1 N–H and O–H groups in total. The molecule has 184 valence electrons. The molecule has 0 aliphatic carbocycles. The number of halogens is 3. The van der Waals surface area contributed by atoms with Crippen LogP contribution in [-0.4, -0.2) is 40.1 Å². The van der Waals surface area contributed by atoms with Crippen LogP contribution in [0.4, 0.5) is 10.1 Å². The molecule has 0 aliphatic heterocycles. The third kappa shape index (κ3) is 4.40. The molecule has 36 heavy (non-hydrogen) atoms. The van der Waals surface area contributed by atoms with Crippen LogP contribution in [0, 0.1) is 19.7 Å². The van der Waals surface area contributed by atoms with Crippen molar-refractivity contribution < 1.29 is 9.18 Å². The maximum atomic E-state index is 13.4. The number of carbonyl (C=O) groups is 1. The fourth-order valence-corrected chi connectivity index (χ4v) is 4.68. The molecule has 0 saturated carbocycles. The molecular formula is C24H21BrClFN8O. The van der Waals surface area contributed by atoms with Gasteiger partial charge in [-0.2, -0.15) is 15.3 Å². The zero-order valence-electron chi connectivity index (χ0n) is 19.6. The maximum absolute atomic E-state index is 13.4. The van der Waals surface area contributed by atoms with Gasteiger partial charge in [0.2, 0.25) is 0 Å². The van der Waals surface area contributed by atoms with Gasteiger partial charge in [0.25, 0.3) is 5.91 Å². The van der Waals surface area contributed by atoms with E-state index in [1.165, 1.54) is 12.1 Å². The average molecular weight is 572 g/mol. The molecule has 0 atom stereocenters. The van der Waals surface area contributed by atoms with Crippen molar-refractivity contribution in [2.45, 2.75) is 33.9 Å². The number of hydrogen-bond donors (Lipinski definition) is 1. The summed E-state index contributed by atoms with van der Waals surface area (Å²) in [5, 5.41) is 16.9. The van der Waals surface area contributed by atoms with E-state index in [2.05, 4.69) is 41.5 Å². The zero-order chi connectivity index (χ0) is 25.6. The minimum absolute atomic E-state index is 0.203. The zero-order valence-corrected chi connectivity index (χ0v) is 22.0. The minimum Gasteiger partial charge on any atom is -0.317 e. The quantitative estimate of drug-likeness (QED) is 0.299. The Morgan fingerprint density at radius 1 is 1.17 bits per heavy atom. The first-order chi connectivity index (χ1) is 17.2. The normalized spacial score (nSPS) is 11.4. The fourth-order valence-electron chi connectivity index (χ4n) is 3.94. The number of hydrogen-bond acceptors (Lipinski definition) is 5. The summed E-state index contributed by atoms with van der Waals surface area (Å²) < 4.78 is 19.3. The molecule has 0 spiro atoms. The van der Waals surface area contributed by atoms with Gasteiger partial charge in [-0.25, -0.2) is 13.9 Å². The smallest absolute Gasteiger partial charge is 0.276 e. The Labute approximate surface area is 219 Å². The lowest BCUT2D eigenvalue weighted by Gasteiger charge is -2.08. The van der Waals surface area contributed by atoms with Crippen LogP contribution in [0.2, 0.25) is 5.02 Å². The SMILES string of the molecule is CCn1cc(Br)c(-c2ccnc3cc(C(=O)Nc4c(C)nn(Cc5ccc(F)cc5Cl)c4C)nn23)n1. The molecule has 0 fully saturated rings. The molecule has 0 aliphatic rings. The van der Waals surface area contributed by atoms with E-state index in [0.717, 1.165) is 22.3 Å². The van der Waals surface area contributed by atoms with Gasteiger partial charge in [0.1, 0.15) is 11.5 Å². The van der Waals surface area contributed by atoms with Crippen molar-refractivity contribution in [1.29, 1.82) is 0 Å². The second-order valence-electron chi connectivity index (χ2n) is 8.20. The Bertz CT molecular complexity index is 1620. The second kappa shape index (κ2) is 9.47. The summed E-state index contributed by atoms with van der Waals surface area (Å²) in [7, 11) is 0. The number of aromatic nitrogens is 7. The molecule has 9 nitrogen and oxygen atoms in total. The predicted octanol–water partition coefficient (Wildman–Crippen LogP) is 5.28. The van der Waals surface area contributed by atoms with E-state index in [-0.39, 0.29) is 5.69 Å². The van der Waals surface area contributed by atoms with Crippen LogP contribution in [0.15, 0.2) is 47.2 Å². The van der Waals surface area contributed by atoms with Gasteiger partial charge in [-0.1, -0.05) is 17.7 Å². The highest BCUT2D eigenvalue weighted by atomic mass is 79.9. The third-order valence-electron chi connectivity index (χ3n) is 5.83. The molecule has 1 aromatic carbocycles. The molecule has 12 heteroatoms. The molecule has 0 radical (unpaired) electrons. The van der Waals surface area contributed by atoms with Crippen LogP contribution in [0.3, 0.4) is 0 Å². The van der Waals surface area contributed by atoms with Crippen LogP contribution in [0.1, 0.15) is 34.4 Å². The topological polar surface area (TPSA) is 94.9 Å². The molecule has 4 heterocycles. The lowest BCUT2D eigenvalue weighted by atomic mass is 10.2. The number of nitrogens with one attached hydrogen (secondary N) is 1. The fraction of sp³-hybridized carbons (Fsp3) is 0.208. The highest BCUT2D eigenvalue weighted by Gasteiger charge is 2.20. The number of rotatable bonds is 6. The Morgan fingerprint density at radius 3 is 2.69 bits per heavy atom. The molecule has 0 saturated heterocycles. The average Bonchev–Trinajstić information content (AvgIpc) is 3.52. The molecular weight excluding hydrogens is 551 g/mol. The highest BCUT2D eigenvalue weighted by Crippen LogP contribution is 2.28. The van der Waals surface area contributed by atoms with Crippen molar-refractivity contribution in [3.8, 4) is 11.4 Å². The van der Waals surface area contributed by atoms with Crippen LogP contribution in [0.25, 0.3) is 17.0 Å². The minimum atomic E-state index is -0.402. The van der Waals surface area contributed by atoms with Crippen LogP contribution < -0.4 is 5.32 Å². The summed E-state index contributed by atoms with van der Waals surface area (Å²) in [4.78, 5) is 17.5. The highest BCUT2D eigenvalue weighted by molar-refractivity contribution is 9.10. The van der Waals surface area contributed by atoms with Gasteiger partial charge in [0.15, 0.2) is 11.3 Å². The van der Waals surface area contributed by atoms with Crippen molar-refractivity contribution in [1.82, 2.24) is 34.2 Å². The largest absolute Gasteiger partial charge is 0.317 e. The lowest BCUT2D eigenvalue weighted by Crippen LogP contribution is -2.14. The summed E-state index contributed by atoms with van der Waals surface area (Å²) in [5.74, 6) is -0.795. The van der Waals surface area contributed by atoms with E-state index < -0.39 is 11.7 Å². The summed E-state index contributed by atoms with van der Waals surface area (Å²) in [6.45, 7) is 6.71. The first-order valence-electron chi connectivity index (χ1n) is 11.1. The summed E-state index contributed by atoms with van der Waals surface area (Å²) in [6, 6.07) is 7.66. The maximum Gasteiger partial charge on any atom is 0.276 e. The van der Waals surface area contributed by atoms with Crippen molar-refractivity contribution in [3.05, 3.63) is 80.7 Å². The van der Waals surface area contributed by atoms with Gasteiger partial charge >= 0.3 is 0 Å². The van der Waals surface area contributed by atoms with Crippen molar-refractivity contribution in [2.24, 2.45) is 0 Å². The first-order valence-corrected chi connectivity index (χ1v) is 12.3.